The van der Waals surface area contributed by atoms with Crippen molar-refractivity contribution in [3.8, 4) is 0 Å². The van der Waals surface area contributed by atoms with Crippen molar-refractivity contribution in [2.75, 3.05) is 39.5 Å². The fourth-order valence-corrected chi connectivity index (χ4v) is 1.35. The maximum absolute atomic E-state index is 11.5. The molecular weight excluding hydrogens is 248 g/mol. The fraction of sp³-hybridized carbons (Fsp3) is 0.923. The lowest BCUT2D eigenvalue weighted by Gasteiger charge is -2.17. The second-order valence-corrected chi connectivity index (χ2v) is 4.35. The first-order valence-electron chi connectivity index (χ1n) is 6.96. The van der Waals surface area contributed by atoms with Gasteiger partial charge in [0.2, 0.25) is 5.91 Å². The van der Waals surface area contributed by atoms with Gasteiger partial charge in [-0.3, -0.25) is 4.79 Å². The van der Waals surface area contributed by atoms with E-state index >= 15 is 0 Å². The molecule has 1 amide bonds. The number of hydrogen-bond donors (Lipinski definition) is 3. The van der Waals surface area contributed by atoms with Crippen LogP contribution >= 0.6 is 0 Å². The highest BCUT2D eigenvalue weighted by Crippen LogP contribution is 1.88. The second kappa shape index (κ2) is 12.3. The van der Waals surface area contributed by atoms with E-state index in [-0.39, 0.29) is 18.6 Å². The van der Waals surface area contributed by atoms with Gasteiger partial charge in [0.25, 0.3) is 0 Å². The Kier molecular flexibility index (Phi) is 11.9. The molecule has 0 aliphatic carbocycles. The average molecular weight is 276 g/mol. The Morgan fingerprint density at radius 2 is 1.95 bits per heavy atom. The zero-order chi connectivity index (χ0) is 14.5. The van der Waals surface area contributed by atoms with Crippen molar-refractivity contribution in [1.29, 1.82) is 0 Å². The number of aliphatic hydroxyl groups excluding tert-OH is 1. The van der Waals surface area contributed by atoms with Crippen molar-refractivity contribution < 1.29 is 19.4 Å². The van der Waals surface area contributed by atoms with Crippen LogP contribution in [0.1, 0.15) is 27.2 Å². The van der Waals surface area contributed by atoms with Crippen molar-refractivity contribution >= 4 is 5.91 Å². The normalized spacial score (nSPS) is 14.1. The summed E-state index contributed by atoms with van der Waals surface area (Å²) in [5.74, 6) is -0.0497. The van der Waals surface area contributed by atoms with Gasteiger partial charge in [-0.1, -0.05) is 6.92 Å². The summed E-state index contributed by atoms with van der Waals surface area (Å²) in [6, 6.07) is -0.315. The predicted molar refractivity (Wildman–Crippen MR) is 74.1 cm³/mol. The quantitative estimate of drug-likeness (QED) is 0.434. The van der Waals surface area contributed by atoms with Crippen LogP contribution in [0.2, 0.25) is 0 Å². The molecule has 0 aromatic heterocycles. The van der Waals surface area contributed by atoms with Gasteiger partial charge < -0.3 is 25.2 Å². The Labute approximate surface area is 115 Å². The molecule has 2 unspecified atom stereocenters. The van der Waals surface area contributed by atoms with E-state index in [2.05, 4.69) is 10.6 Å². The van der Waals surface area contributed by atoms with Crippen LogP contribution in [0.15, 0.2) is 0 Å². The van der Waals surface area contributed by atoms with Crippen LogP contribution < -0.4 is 10.6 Å². The molecule has 0 aromatic carbocycles. The molecule has 0 heterocycles. The van der Waals surface area contributed by atoms with Gasteiger partial charge in [-0.2, -0.15) is 0 Å². The minimum atomic E-state index is -0.622. The first-order chi connectivity index (χ1) is 9.11. The van der Waals surface area contributed by atoms with Crippen molar-refractivity contribution in [2.45, 2.75) is 39.3 Å². The van der Waals surface area contributed by atoms with Gasteiger partial charge in [-0.25, -0.2) is 0 Å². The van der Waals surface area contributed by atoms with E-state index in [1.54, 1.807) is 6.92 Å². The summed E-state index contributed by atoms with van der Waals surface area (Å²) in [7, 11) is 0. The molecule has 0 rings (SSSR count). The topological polar surface area (TPSA) is 79.8 Å². The molecule has 2 atom stereocenters. The Morgan fingerprint density at radius 1 is 1.26 bits per heavy atom. The molecule has 0 bridgehead atoms. The van der Waals surface area contributed by atoms with Crippen LogP contribution in [-0.2, 0) is 14.3 Å². The lowest BCUT2D eigenvalue weighted by molar-refractivity contribution is -0.122. The van der Waals surface area contributed by atoms with Gasteiger partial charge in [0, 0.05) is 19.7 Å². The van der Waals surface area contributed by atoms with Crippen LogP contribution in [-0.4, -0.2) is 62.7 Å². The highest BCUT2D eigenvalue weighted by molar-refractivity contribution is 5.81. The van der Waals surface area contributed by atoms with E-state index in [0.717, 1.165) is 6.42 Å². The molecule has 0 saturated carbocycles. The number of nitrogens with one attached hydrogen (secondary N) is 2. The van der Waals surface area contributed by atoms with E-state index in [0.29, 0.717) is 32.9 Å². The van der Waals surface area contributed by atoms with E-state index in [4.69, 9.17) is 9.47 Å². The Hall–Kier alpha value is -0.690. The minimum Gasteiger partial charge on any atom is -0.389 e. The van der Waals surface area contributed by atoms with Gasteiger partial charge in [-0.05, 0) is 20.3 Å². The number of carbonyl (C=O) groups excluding carboxylic acids is 1. The summed E-state index contributed by atoms with van der Waals surface area (Å²) in [4.78, 5) is 11.5. The summed E-state index contributed by atoms with van der Waals surface area (Å²) >= 11 is 0. The molecule has 0 aliphatic heterocycles. The first-order valence-corrected chi connectivity index (χ1v) is 6.96. The van der Waals surface area contributed by atoms with Crippen LogP contribution in [0.25, 0.3) is 0 Å². The van der Waals surface area contributed by atoms with Gasteiger partial charge in [0.15, 0.2) is 0 Å². The Bertz CT molecular complexity index is 227. The molecule has 0 aliphatic rings. The zero-order valence-electron chi connectivity index (χ0n) is 12.3. The zero-order valence-corrected chi connectivity index (χ0v) is 12.3. The van der Waals surface area contributed by atoms with Crippen molar-refractivity contribution in [3.63, 3.8) is 0 Å². The fourth-order valence-electron chi connectivity index (χ4n) is 1.35. The maximum atomic E-state index is 11.5. The number of hydrogen-bond acceptors (Lipinski definition) is 5. The van der Waals surface area contributed by atoms with Gasteiger partial charge >= 0.3 is 0 Å². The molecule has 0 fully saturated rings. The lowest BCUT2D eigenvalue weighted by atomic mass is 10.2. The van der Waals surface area contributed by atoms with Gasteiger partial charge in [-0.15, -0.1) is 0 Å². The van der Waals surface area contributed by atoms with Gasteiger partial charge in [0.1, 0.15) is 0 Å². The smallest absolute Gasteiger partial charge is 0.236 e. The number of ether oxygens (including phenoxy) is 2. The third kappa shape index (κ3) is 10.9. The summed E-state index contributed by atoms with van der Waals surface area (Å²) < 4.78 is 10.3. The largest absolute Gasteiger partial charge is 0.389 e. The molecule has 0 aromatic rings. The monoisotopic (exact) mass is 276 g/mol. The molecule has 0 radical (unpaired) electrons. The van der Waals surface area contributed by atoms with E-state index in [1.165, 1.54) is 0 Å². The minimum absolute atomic E-state index is 0.0497. The van der Waals surface area contributed by atoms with E-state index in [1.807, 2.05) is 13.8 Å². The van der Waals surface area contributed by atoms with E-state index in [9.17, 15) is 9.90 Å². The second-order valence-electron chi connectivity index (χ2n) is 4.35. The van der Waals surface area contributed by atoms with Crippen molar-refractivity contribution in [1.82, 2.24) is 10.6 Å². The highest BCUT2D eigenvalue weighted by Gasteiger charge is 2.13. The van der Waals surface area contributed by atoms with Crippen LogP contribution in [0.4, 0.5) is 0 Å². The SMILES string of the molecule is CCCNC(=O)C(C)NCC(O)COCCOCC. The molecule has 6 heteroatoms. The Balaban J connectivity index is 3.54. The van der Waals surface area contributed by atoms with Crippen molar-refractivity contribution in [3.05, 3.63) is 0 Å². The number of amides is 1. The number of aliphatic hydroxyl groups is 1. The molecule has 19 heavy (non-hydrogen) atoms. The molecule has 3 N–H and O–H groups in total. The Morgan fingerprint density at radius 3 is 2.58 bits per heavy atom. The molecular formula is C13H28N2O4. The lowest BCUT2D eigenvalue weighted by Crippen LogP contribution is -2.45. The first kappa shape index (κ1) is 18.3. The average Bonchev–Trinajstić information content (AvgIpc) is 2.41. The molecule has 6 nitrogen and oxygen atoms in total. The van der Waals surface area contributed by atoms with Crippen LogP contribution in [0, 0.1) is 0 Å². The summed E-state index contributed by atoms with van der Waals surface area (Å²) in [5, 5.41) is 15.4. The highest BCUT2D eigenvalue weighted by atomic mass is 16.5. The van der Waals surface area contributed by atoms with Gasteiger partial charge in [0.05, 0.1) is 32.0 Å². The number of rotatable bonds is 12. The predicted octanol–water partition coefficient (Wildman–Crippen LogP) is -0.0953. The summed E-state index contributed by atoms with van der Waals surface area (Å²) in [6.07, 6.45) is 0.289. The third-order valence-electron chi connectivity index (χ3n) is 2.49. The molecule has 0 saturated heterocycles. The number of carbonyl (C=O) groups is 1. The molecule has 0 spiro atoms. The molecule has 114 valence electrons. The standard InChI is InChI=1S/C13H28N2O4/c1-4-6-14-13(17)11(3)15-9-12(16)10-19-8-7-18-5-2/h11-12,15-16H,4-10H2,1-3H3,(H,14,17). The summed E-state index contributed by atoms with van der Waals surface area (Å²) in [5.41, 5.74) is 0. The van der Waals surface area contributed by atoms with E-state index < -0.39 is 6.10 Å². The summed E-state index contributed by atoms with van der Waals surface area (Å²) in [6.45, 7) is 8.60. The van der Waals surface area contributed by atoms with Crippen LogP contribution in [0.5, 0.6) is 0 Å². The third-order valence-corrected chi connectivity index (χ3v) is 2.49. The van der Waals surface area contributed by atoms with Crippen molar-refractivity contribution in [2.24, 2.45) is 0 Å². The van der Waals surface area contributed by atoms with Crippen LogP contribution in [0.3, 0.4) is 0 Å². The maximum Gasteiger partial charge on any atom is 0.236 e.